The minimum Gasteiger partial charge on any atom is -0.378 e. The van der Waals surface area contributed by atoms with Gasteiger partial charge in [0.1, 0.15) is 5.69 Å². The smallest absolute Gasteiger partial charge is 0.248 e. The van der Waals surface area contributed by atoms with E-state index in [1.54, 1.807) is 24.0 Å². The fraction of sp³-hybridized carbons (Fsp3) is 0.478. The predicted molar refractivity (Wildman–Crippen MR) is 120 cm³/mol. The van der Waals surface area contributed by atoms with Gasteiger partial charge in [0.05, 0.1) is 19.1 Å². The molecule has 32 heavy (non-hydrogen) atoms. The van der Waals surface area contributed by atoms with Crippen molar-refractivity contribution in [3.05, 3.63) is 46.8 Å². The first-order valence-corrected chi connectivity index (χ1v) is 12.4. The van der Waals surface area contributed by atoms with E-state index in [4.69, 9.17) is 9.26 Å². The van der Waals surface area contributed by atoms with Crippen molar-refractivity contribution in [1.82, 2.24) is 14.4 Å². The Kier molecular flexibility index (Phi) is 6.78. The maximum Gasteiger partial charge on any atom is 0.248 e. The van der Waals surface area contributed by atoms with E-state index in [9.17, 15) is 13.2 Å². The summed E-state index contributed by atoms with van der Waals surface area (Å²) in [6, 6.07) is 7.88. The van der Waals surface area contributed by atoms with Crippen LogP contribution in [0.4, 0.5) is 0 Å². The molecule has 2 aliphatic rings. The van der Waals surface area contributed by atoms with Gasteiger partial charge in [0.2, 0.25) is 15.9 Å². The number of aryl methyl sites for hydroxylation is 2. The molecular formula is C23H29N3O5S. The zero-order valence-corrected chi connectivity index (χ0v) is 19.3. The third-order valence-corrected chi connectivity index (χ3v) is 8.02. The molecule has 3 heterocycles. The van der Waals surface area contributed by atoms with E-state index in [-0.39, 0.29) is 29.0 Å². The zero-order valence-electron chi connectivity index (χ0n) is 18.5. The molecule has 2 aliphatic heterocycles. The summed E-state index contributed by atoms with van der Waals surface area (Å²) in [5.74, 6) is -0.136. The predicted octanol–water partition coefficient (Wildman–Crippen LogP) is 2.72. The van der Waals surface area contributed by atoms with Gasteiger partial charge in [-0.05, 0) is 38.3 Å². The monoisotopic (exact) mass is 459 g/mol. The topological polar surface area (TPSA) is 93.0 Å². The van der Waals surface area contributed by atoms with Gasteiger partial charge in [0, 0.05) is 26.2 Å². The number of hydrogen-bond donors (Lipinski definition) is 0. The molecule has 9 heteroatoms. The lowest BCUT2D eigenvalue weighted by atomic mass is 9.98. The number of amides is 1. The highest BCUT2D eigenvalue weighted by Gasteiger charge is 2.38. The number of piperidine rings is 1. The van der Waals surface area contributed by atoms with Crippen LogP contribution in [0.15, 0.2) is 33.7 Å². The van der Waals surface area contributed by atoms with Crippen molar-refractivity contribution in [3.8, 4) is 0 Å². The lowest BCUT2D eigenvalue weighted by Crippen LogP contribution is -2.49. The molecule has 1 aromatic heterocycles. The molecule has 172 valence electrons. The molecule has 0 spiro atoms. The Labute approximate surface area is 188 Å². The summed E-state index contributed by atoms with van der Waals surface area (Å²) in [5.41, 5.74) is 2.39. The summed E-state index contributed by atoms with van der Waals surface area (Å²) in [6.45, 7) is 6.34. The zero-order chi connectivity index (χ0) is 22.7. The van der Waals surface area contributed by atoms with Gasteiger partial charge >= 0.3 is 0 Å². The summed E-state index contributed by atoms with van der Waals surface area (Å²) >= 11 is 0. The lowest BCUT2D eigenvalue weighted by molar-refractivity contribution is -0.140. The second-order valence-electron chi connectivity index (χ2n) is 8.35. The Hall–Kier alpha value is -2.49. The van der Waals surface area contributed by atoms with Crippen LogP contribution in [0.2, 0.25) is 0 Å². The van der Waals surface area contributed by atoms with E-state index >= 15 is 0 Å². The van der Waals surface area contributed by atoms with Gasteiger partial charge in [-0.25, -0.2) is 8.42 Å². The van der Waals surface area contributed by atoms with Crippen LogP contribution in [0.5, 0.6) is 0 Å². The van der Waals surface area contributed by atoms with Crippen LogP contribution in [0.3, 0.4) is 0 Å². The van der Waals surface area contributed by atoms with E-state index in [2.05, 4.69) is 5.16 Å². The molecule has 0 aliphatic carbocycles. The van der Waals surface area contributed by atoms with Crippen molar-refractivity contribution in [3.63, 3.8) is 0 Å². The minimum atomic E-state index is -3.86. The Bertz CT molecular complexity index is 1090. The van der Waals surface area contributed by atoms with Crippen LogP contribution in [0.25, 0.3) is 12.2 Å². The first-order chi connectivity index (χ1) is 15.4. The average Bonchev–Trinajstić information content (AvgIpc) is 3.20. The van der Waals surface area contributed by atoms with Crippen molar-refractivity contribution in [2.75, 3.05) is 39.4 Å². The molecule has 0 N–H and O–H groups in total. The lowest BCUT2D eigenvalue weighted by Gasteiger charge is -2.35. The molecule has 2 fully saturated rings. The molecule has 0 radical (unpaired) electrons. The molecule has 1 amide bonds. The SMILES string of the molecule is Cc1ccc(/C=C/c2onc(C)c2S(=O)(=O)N2CCC[C@H](C(=O)N3CCOCC3)C2)cc1. The molecule has 4 rings (SSSR count). The number of sulfonamides is 1. The van der Waals surface area contributed by atoms with Gasteiger partial charge in [-0.1, -0.05) is 41.1 Å². The molecule has 1 atom stereocenters. The molecule has 8 nitrogen and oxygen atoms in total. The number of rotatable bonds is 5. The summed E-state index contributed by atoms with van der Waals surface area (Å²) in [6.07, 6.45) is 4.76. The summed E-state index contributed by atoms with van der Waals surface area (Å²) in [5, 5.41) is 3.91. The van der Waals surface area contributed by atoms with Crippen molar-refractivity contribution >= 4 is 28.1 Å². The Morgan fingerprint density at radius 3 is 2.53 bits per heavy atom. The molecule has 1 aromatic carbocycles. The fourth-order valence-corrected chi connectivity index (χ4v) is 5.96. The van der Waals surface area contributed by atoms with Gasteiger partial charge in [0.25, 0.3) is 0 Å². The number of nitrogens with zero attached hydrogens (tertiary/aromatic N) is 3. The fourth-order valence-electron chi connectivity index (χ4n) is 4.18. The van der Waals surface area contributed by atoms with E-state index in [1.165, 1.54) is 4.31 Å². The van der Waals surface area contributed by atoms with Crippen LogP contribution >= 0.6 is 0 Å². The van der Waals surface area contributed by atoms with Gasteiger partial charge in [0.15, 0.2) is 10.7 Å². The third-order valence-electron chi connectivity index (χ3n) is 5.99. The number of hydrogen-bond acceptors (Lipinski definition) is 6. The summed E-state index contributed by atoms with van der Waals surface area (Å²) in [4.78, 5) is 14.8. The standard InChI is InChI=1S/C23H29N3O5S/c1-17-5-7-19(8-6-17)9-10-21-22(18(2)24-31-21)32(28,29)26-11-3-4-20(16-26)23(27)25-12-14-30-15-13-25/h5-10,20H,3-4,11-16H2,1-2H3/b10-9+/t20-/m0/s1. The van der Waals surface area contributed by atoms with E-state index in [1.807, 2.05) is 31.2 Å². The maximum atomic E-state index is 13.5. The largest absolute Gasteiger partial charge is 0.378 e. The molecule has 0 unspecified atom stereocenters. The van der Waals surface area contributed by atoms with Crippen LogP contribution in [-0.4, -0.2) is 68.1 Å². The first-order valence-electron chi connectivity index (χ1n) is 10.9. The van der Waals surface area contributed by atoms with Crippen LogP contribution in [0, 0.1) is 19.8 Å². The number of carbonyl (C=O) groups excluding carboxylic acids is 1. The molecule has 2 aromatic rings. The van der Waals surface area contributed by atoms with Crippen LogP contribution in [-0.2, 0) is 19.6 Å². The van der Waals surface area contributed by atoms with Gasteiger partial charge in [-0.3, -0.25) is 4.79 Å². The second-order valence-corrected chi connectivity index (χ2v) is 10.2. The molecule has 2 saturated heterocycles. The number of aromatic nitrogens is 1. The summed E-state index contributed by atoms with van der Waals surface area (Å²) in [7, 11) is -3.86. The third kappa shape index (κ3) is 4.79. The number of ether oxygens (including phenoxy) is 1. The number of carbonyl (C=O) groups is 1. The normalized spacial score (nSPS) is 20.7. The molecule has 0 bridgehead atoms. The van der Waals surface area contributed by atoms with Crippen molar-refractivity contribution in [2.24, 2.45) is 5.92 Å². The van der Waals surface area contributed by atoms with Crippen molar-refractivity contribution in [2.45, 2.75) is 31.6 Å². The van der Waals surface area contributed by atoms with E-state index in [0.717, 1.165) is 11.1 Å². The van der Waals surface area contributed by atoms with Crippen molar-refractivity contribution in [1.29, 1.82) is 0 Å². The van der Waals surface area contributed by atoms with Crippen LogP contribution < -0.4 is 0 Å². The number of morpholine rings is 1. The van der Waals surface area contributed by atoms with Gasteiger partial charge in [-0.2, -0.15) is 4.31 Å². The summed E-state index contributed by atoms with van der Waals surface area (Å²) < 4.78 is 39.2. The number of benzene rings is 1. The van der Waals surface area contributed by atoms with Crippen molar-refractivity contribution < 1.29 is 22.5 Å². The van der Waals surface area contributed by atoms with Gasteiger partial charge < -0.3 is 14.2 Å². The molecular weight excluding hydrogens is 430 g/mol. The Balaban J connectivity index is 1.54. The highest BCUT2D eigenvalue weighted by molar-refractivity contribution is 7.89. The second kappa shape index (κ2) is 9.56. The van der Waals surface area contributed by atoms with Gasteiger partial charge in [-0.15, -0.1) is 0 Å². The Morgan fingerprint density at radius 1 is 1.09 bits per heavy atom. The minimum absolute atomic E-state index is 0.00901. The maximum absolute atomic E-state index is 13.5. The van der Waals surface area contributed by atoms with Crippen LogP contribution in [0.1, 0.15) is 35.4 Å². The van der Waals surface area contributed by atoms with E-state index < -0.39 is 10.0 Å². The average molecular weight is 460 g/mol. The first kappa shape index (κ1) is 22.7. The Morgan fingerprint density at radius 2 is 1.81 bits per heavy atom. The highest BCUT2D eigenvalue weighted by atomic mass is 32.2. The quantitative estimate of drug-likeness (QED) is 0.683. The van der Waals surface area contributed by atoms with E-state index in [0.29, 0.717) is 51.4 Å². The molecule has 0 saturated carbocycles. The highest BCUT2D eigenvalue weighted by Crippen LogP contribution is 2.30.